The molecule has 2 heterocycles. The molecular weight excluding hydrogens is 238 g/mol. The Morgan fingerprint density at radius 2 is 2.29 bits per heavy atom. The fourth-order valence-electron chi connectivity index (χ4n) is 1.99. The van der Waals surface area contributed by atoms with E-state index in [-0.39, 0.29) is 0 Å². The van der Waals surface area contributed by atoms with Crippen LogP contribution in [0.4, 0.5) is 5.69 Å². The summed E-state index contributed by atoms with van der Waals surface area (Å²) in [5.74, 6) is 0. The minimum atomic E-state index is 0.420. The van der Waals surface area contributed by atoms with Crippen LogP contribution in [0, 0.1) is 0 Å². The number of hydrogen-bond donors (Lipinski definition) is 1. The van der Waals surface area contributed by atoms with Crippen LogP contribution in [-0.2, 0) is 0 Å². The number of hydrogen-bond acceptors (Lipinski definition) is 5. The predicted octanol–water partition coefficient (Wildman–Crippen LogP) is 0.788. The molecule has 1 unspecified atom stereocenters. The Morgan fingerprint density at radius 1 is 1.47 bits per heavy atom. The lowest BCUT2D eigenvalue weighted by Crippen LogP contribution is -2.52. The van der Waals surface area contributed by atoms with Crippen molar-refractivity contribution in [1.82, 2.24) is 20.0 Å². The summed E-state index contributed by atoms with van der Waals surface area (Å²) < 4.78 is 0. The van der Waals surface area contributed by atoms with E-state index in [1.54, 1.807) is 12.3 Å². The van der Waals surface area contributed by atoms with Gasteiger partial charge in [-0.1, -0.05) is 11.6 Å². The summed E-state index contributed by atoms with van der Waals surface area (Å²) in [4.78, 5) is 4.73. The molecule has 0 bridgehead atoms. The first-order valence-electron chi connectivity index (χ1n) is 5.76. The summed E-state index contributed by atoms with van der Waals surface area (Å²) in [7, 11) is 4.32. The lowest BCUT2D eigenvalue weighted by Gasteiger charge is -2.37. The molecule has 0 aromatic carbocycles. The Balaban J connectivity index is 1.88. The van der Waals surface area contributed by atoms with E-state index in [2.05, 4.69) is 39.4 Å². The van der Waals surface area contributed by atoms with Crippen molar-refractivity contribution in [2.75, 3.05) is 45.6 Å². The molecule has 6 heteroatoms. The molecule has 94 valence electrons. The smallest absolute Gasteiger partial charge is 0.153 e. The molecule has 1 aromatic rings. The summed E-state index contributed by atoms with van der Waals surface area (Å²) in [5.41, 5.74) is 0.923. The van der Waals surface area contributed by atoms with E-state index in [1.807, 2.05) is 0 Å². The van der Waals surface area contributed by atoms with Gasteiger partial charge in [0.25, 0.3) is 0 Å². The maximum Gasteiger partial charge on any atom is 0.153 e. The number of aromatic nitrogens is 2. The number of piperazine rings is 1. The highest BCUT2D eigenvalue weighted by molar-refractivity contribution is 6.29. The molecule has 2 rings (SSSR count). The van der Waals surface area contributed by atoms with Crippen LogP contribution >= 0.6 is 11.6 Å². The minimum absolute atomic E-state index is 0.420. The van der Waals surface area contributed by atoms with Crippen LogP contribution in [0.5, 0.6) is 0 Å². The Labute approximate surface area is 107 Å². The van der Waals surface area contributed by atoms with Crippen LogP contribution in [-0.4, -0.2) is 66.3 Å². The van der Waals surface area contributed by atoms with Gasteiger partial charge >= 0.3 is 0 Å². The maximum absolute atomic E-state index is 5.79. The highest BCUT2D eigenvalue weighted by atomic mass is 35.5. The molecule has 1 atom stereocenters. The quantitative estimate of drug-likeness (QED) is 0.865. The zero-order chi connectivity index (χ0) is 12.3. The minimum Gasteiger partial charge on any atom is -0.382 e. The third kappa shape index (κ3) is 3.52. The number of nitrogens with zero attached hydrogens (tertiary/aromatic N) is 4. The first kappa shape index (κ1) is 12.5. The van der Waals surface area contributed by atoms with E-state index in [1.165, 1.54) is 0 Å². The number of likely N-dealkylation sites (N-methyl/N-ethyl adjacent to an activating group) is 2. The molecule has 1 N–H and O–H groups in total. The molecule has 0 radical (unpaired) electrons. The van der Waals surface area contributed by atoms with Gasteiger partial charge in [-0.25, -0.2) is 0 Å². The monoisotopic (exact) mass is 255 g/mol. The second-order valence-corrected chi connectivity index (χ2v) is 4.93. The van der Waals surface area contributed by atoms with Crippen LogP contribution in [0.1, 0.15) is 0 Å². The van der Waals surface area contributed by atoms with Gasteiger partial charge in [0.2, 0.25) is 0 Å². The highest BCUT2D eigenvalue weighted by Crippen LogP contribution is 2.12. The third-order valence-corrected chi connectivity index (χ3v) is 3.33. The summed E-state index contributed by atoms with van der Waals surface area (Å²) >= 11 is 5.79. The molecule has 0 amide bonds. The molecule has 1 aromatic heterocycles. The Morgan fingerprint density at radius 3 is 3.06 bits per heavy atom. The average molecular weight is 256 g/mol. The van der Waals surface area contributed by atoms with E-state index in [4.69, 9.17) is 11.6 Å². The van der Waals surface area contributed by atoms with E-state index < -0.39 is 0 Å². The van der Waals surface area contributed by atoms with Gasteiger partial charge in [0.1, 0.15) is 0 Å². The van der Waals surface area contributed by atoms with Crippen molar-refractivity contribution in [3.05, 3.63) is 17.4 Å². The van der Waals surface area contributed by atoms with Crippen LogP contribution in [0.3, 0.4) is 0 Å². The van der Waals surface area contributed by atoms with Crippen molar-refractivity contribution in [2.45, 2.75) is 6.04 Å². The highest BCUT2D eigenvalue weighted by Gasteiger charge is 2.21. The van der Waals surface area contributed by atoms with Crippen molar-refractivity contribution >= 4 is 17.3 Å². The fraction of sp³-hybridized carbons (Fsp3) is 0.636. The first-order valence-corrected chi connectivity index (χ1v) is 6.14. The fourth-order valence-corrected chi connectivity index (χ4v) is 2.16. The van der Waals surface area contributed by atoms with Gasteiger partial charge < -0.3 is 10.2 Å². The normalized spacial score (nSPS) is 22.6. The maximum atomic E-state index is 5.79. The Kier molecular flexibility index (Phi) is 4.15. The molecule has 0 aliphatic carbocycles. The van der Waals surface area contributed by atoms with Crippen LogP contribution in [0.25, 0.3) is 0 Å². The number of halogens is 1. The molecule has 0 spiro atoms. The molecule has 5 nitrogen and oxygen atoms in total. The molecule has 1 aliphatic rings. The summed E-state index contributed by atoms with van der Waals surface area (Å²) in [6, 6.07) is 2.31. The lowest BCUT2D eigenvalue weighted by molar-refractivity contribution is 0.122. The molecule has 0 saturated carbocycles. The molecule has 1 aliphatic heterocycles. The van der Waals surface area contributed by atoms with E-state index in [9.17, 15) is 0 Å². The zero-order valence-corrected chi connectivity index (χ0v) is 11.0. The number of anilines is 1. The van der Waals surface area contributed by atoms with Crippen molar-refractivity contribution in [3.8, 4) is 0 Å². The van der Waals surface area contributed by atoms with E-state index in [0.29, 0.717) is 11.2 Å². The molecular formula is C11H18ClN5. The Bertz CT molecular complexity index is 373. The number of rotatable bonds is 3. The zero-order valence-electron chi connectivity index (χ0n) is 10.2. The second kappa shape index (κ2) is 5.62. The van der Waals surface area contributed by atoms with Gasteiger partial charge in [-0.15, -0.1) is 5.10 Å². The largest absolute Gasteiger partial charge is 0.382 e. The van der Waals surface area contributed by atoms with Crippen LogP contribution < -0.4 is 5.32 Å². The van der Waals surface area contributed by atoms with Gasteiger partial charge in [0.05, 0.1) is 11.9 Å². The molecule has 1 saturated heterocycles. The molecule has 17 heavy (non-hydrogen) atoms. The second-order valence-electron chi connectivity index (χ2n) is 4.54. The summed E-state index contributed by atoms with van der Waals surface area (Å²) in [5, 5.41) is 11.3. The summed E-state index contributed by atoms with van der Waals surface area (Å²) in [6.07, 6.45) is 1.69. The predicted molar refractivity (Wildman–Crippen MR) is 69.4 cm³/mol. The third-order valence-electron chi connectivity index (χ3n) is 3.15. The average Bonchev–Trinajstić information content (AvgIpc) is 2.30. The van der Waals surface area contributed by atoms with Crippen molar-refractivity contribution in [2.24, 2.45) is 0 Å². The van der Waals surface area contributed by atoms with Crippen LogP contribution in [0.15, 0.2) is 12.3 Å². The first-order chi connectivity index (χ1) is 8.15. The van der Waals surface area contributed by atoms with Crippen molar-refractivity contribution in [3.63, 3.8) is 0 Å². The van der Waals surface area contributed by atoms with E-state index >= 15 is 0 Å². The topological polar surface area (TPSA) is 44.3 Å². The van der Waals surface area contributed by atoms with Gasteiger partial charge in [-0.05, 0) is 14.1 Å². The van der Waals surface area contributed by atoms with Crippen molar-refractivity contribution in [1.29, 1.82) is 0 Å². The van der Waals surface area contributed by atoms with E-state index in [0.717, 1.165) is 31.9 Å². The standard InChI is InChI=1S/C11H18ClN5/c1-16-3-4-17(2)10(8-16)7-13-9-5-11(12)15-14-6-9/h5-6,10H,3-4,7-8H2,1-2H3,(H,13,15). The van der Waals surface area contributed by atoms with Gasteiger partial charge in [0.15, 0.2) is 5.15 Å². The number of nitrogens with one attached hydrogen (secondary N) is 1. The van der Waals surface area contributed by atoms with Crippen molar-refractivity contribution < 1.29 is 0 Å². The van der Waals surface area contributed by atoms with Gasteiger partial charge in [0, 0.05) is 38.3 Å². The SMILES string of the molecule is CN1CCN(C)C(CNc2cnnc(Cl)c2)C1. The van der Waals surface area contributed by atoms with Crippen LogP contribution in [0.2, 0.25) is 5.15 Å². The van der Waals surface area contributed by atoms with Gasteiger partial charge in [-0.3, -0.25) is 4.90 Å². The lowest BCUT2D eigenvalue weighted by atomic mass is 10.2. The summed E-state index contributed by atoms with van der Waals surface area (Å²) in [6.45, 7) is 4.21. The Hall–Kier alpha value is -0.910. The van der Waals surface area contributed by atoms with Gasteiger partial charge in [-0.2, -0.15) is 5.10 Å². The molecule has 1 fully saturated rings.